The Morgan fingerprint density at radius 2 is 1.84 bits per heavy atom. The van der Waals surface area contributed by atoms with E-state index in [2.05, 4.69) is 29.0 Å². The topological polar surface area (TPSA) is 37.9 Å². The Hall–Kier alpha value is -2.29. The van der Waals surface area contributed by atoms with E-state index < -0.39 is 0 Å². The van der Waals surface area contributed by atoms with E-state index in [0.29, 0.717) is 6.61 Å². The average Bonchev–Trinajstić information content (AvgIpc) is 2.83. The van der Waals surface area contributed by atoms with Gasteiger partial charge in [-0.05, 0) is 31.2 Å². The van der Waals surface area contributed by atoms with Crippen LogP contribution in [-0.2, 0) is 6.42 Å². The van der Waals surface area contributed by atoms with Crippen LogP contribution in [0, 0.1) is 6.92 Å². The maximum Gasteiger partial charge on any atom is 0.119 e. The van der Waals surface area contributed by atoms with Gasteiger partial charge in [-0.2, -0.15) is 0 Å². The number of nitrogens with one attached hydrogen (secondary N) is 1. The molecule has 0 unspecified atom stereocenters. The number of fused-ring (bicyclic) bond motifs is 1. The molecule has 1 N–H and O–H groups in total. The van der Waals surface area contributed by atoms with Gasteiger partial charge >= 0.3 is 0 Å². The summed E-state index contributed by atoms with van der Waals surface area (Å²) in [5.74, 6) is 1.87. The van der Waals surface area contributed by atoms with Gasteiger partial charge in [0.1, 0.15) is 11.6 Å². The molecule has 3 heteroatoms. The van der Waals surface area contributed by atoms with E-state index in [1.165, 1.54) is 5.56 Å². The maximum absolute atomic E-state index is 5.70. The molecule has 0 bridgehead atoms. The minimum absolute atomic E-state index is 0.628. The fraction of sp³-hybridized carbons (Fsp3) is 0.188. The number of aromatic nitrogens is 2. The highest BCUT2D eigenvalue weighted by Gasteiger charge is 2.02. The Kier molecular flexibility index (Phi) is 3.19. The molecular weight excluding hydrogens is 236 g/mol. The Balaban J connectivity index is 1.61. The lowest BCUT2D eigenvalue weighted by Crippen LogP contribution is -2.02. The van der Waals surface area contributed by atoms with Gasteiger partial charge in [0.15, 0.2) is 0 Å². The summed E-state index contributed by atoms with van der Waals surface area (Å²) >= 11 is 0. The molecule has 0 fully saturated rings. The molecule has 0 radical (unpaired) electrons. The first-order chi connectivity index (χ1) is 9.31. The molecule has 2 aromatic carbocycles. The number of nitrogens with zero attached hydrogens (tertiary/aromatic N) is 1. The molecule has 3 aromatic rings. The summed E-state index contributed by atoms with van der Waals surface area (Å²) in [7, 11) is 0. The molecule has 0 saturated carbocycles. The molecule has 1 aromatic heterocycles. The number of aryl methyl sites for hydroxylation is 1. The van der Waals surface area contributed by atoms with Gasteiger partial charge in [-0.25, -0.2) is 4.98 Å². The highest BCUT2D eigenvalue weighted by molar-refractivity contribution is 5.74. The van der Waals surface area contributed by atoms with Crippen LogP contribution in [0.3, 0.4) is 0 Å². The van der Waals surface area contributed by atoms with Crippen LogP contribution in [0.2, 0.25) is 0 Å². The number of rotatable bonds is 4. The van der Waals surface area contributed by atoms with Crippen LogP contribution in [0.4, 0.5) is 0 Å². The summed E-state index contributed by atoms with van der Waals surface area (Å²) in [4.78, 5) is 7.82. The number of imidazole rings is 1. The Labute approximate surface area is 112 Å². The summed E-state index contributed by atoms with van der Waals surface area (Å²) in [6, 6.07) is 16.1. The minimum atomic E-state index is 0.628. The number of H-pyrrole nitrogens is 1. The molecule has 19 heavy (non-hydrogen) atoms. The molecule has 0 aliphatic rings. The molecular formula is C16H16N2O. The van der Waals surface area contributed by atoms with Crippen LogP contribution < -0.4 is 4.74 Å². The Morgan fingerprint density at radius 3 is 2.63 bits per heavy atom. The number of benzene rings is 2. The van der Waals surface area contributed by atoms with Crippen LogP contribution >= 0.6 is 0 Å². The summed E-state index contributed by atoms with van der Waals surface area (Å²) in [6.07, 6.45) is 0.780. The second-order valence-electron chi connectivity index (χ2n) is 4.61. The van der Waals surface area contributed by atoms with Gasteiger partial charge in [0, 0.05) is 6.42 Å². The SMILES string of the molecule is Cc1ccc(OCCc2nc3ccccc3[nH]2)cc1. The second-order valence-corrected chi connectivity index (χ2v) is 4.61. The lowest BCUT2D eigenvalue weighted by Gasteiger charge is -2.04. The van der Waals surface area contributed by atoms with Gasteiger partial charge in [0.2, 0.25) is 0 Å². The molecule has 96 valence electrons. The van der Waals surface area contributed by atoms with Crippen molar-refractivity contribution in [2.24, 2.45) is 0 Å². The summed E-state index contributed by atoms with van der Waals surface area (Å²) in [6.45, 7) is 2.70. The number of hydrogen-bond acceptors (Lipinski definition) is 2. The molecule has 0 amide bonds. The van der Waals surface area contributed by atoms with Crippen molar-refractivity contribution in [3.63, 3.8) is 0 Å². The van der Waals surface area contributed by atoms with E-state index in [0.717, 1.165) is 29.0 Å². The van der Waals surface area contributed by atoms with Crippen molar-refractivity contribution in [2.45, 2.75) is 13.3 Å². The largest absolute Gasteiger partial charge is 0.493 e. The standard InChI is InChI=1S/C16H16N2O/c1-12-6-8-13(9-7-12)19-11-10-16-17-14-4-2-3-5-15(14)18-16/h2-9H,10-11H2,1H3,(H,17,18). The monoisotopic (exact) mass is 252 g/mol. The highest BCUT2D eigenvalue weighted by atomic mass is 16.5. The van der Waals surface area contributed by atoms with Crippen molar-refractivity contribution in [1.29, 1.82) is 0 Å². The molecule has 3 nitrogen and oxygen atoms in total. The van der Waals surface area contributed by atoms with E-state index in [1.54, 1.807) is 0 Å². The number of hydrogen-bond donors (Lipinski definition) is 1. The van der Waals surface area contributed by atoms with Crippen LogP contribution in [0.1, 0.15) is 11.4 Å². The summed E-state index contributed by atoms with van der Waals surface area (Å²) in [5.41, 5.74) is 3.32. The summed E-state index contributed by atoms with van der Waals surface area (Å²) < 4.78 is 5.70. The van der Waals surface area contributed by atoms with Crippen molar-refractivity contribution < 1.29 is 4.74 Å². The van der Waals surface area contributed by atoms with Crippen molar-refractivity contribution in [3.05, 3.63) is 59.9 Å². The zero-order valence-electron chi connectivity index (χ0n) is 10.9. The maximum atomic E-state index is 5.70. The van der Waals surface area contributed by atoms with Gasteiger partial charge in [-0.15, -0.1) is 0 Å². The number of ether oxygens (including phenoxy) is 1. The minimum Gasteiger partial charge on any atom is -0.493 e. The first-order valence-electron chi connectivity index (χ1n) is 6.44. The molecule has 1 heterocycles. The van der Waals surface area contributed by atoms with Crippen LogP contribution in [0.25, 0.3) is 11.0 Å². The van der Waals surface area contributed by atoms with E-state index in [1.807, 2.05) is 36.4 Å². The van der Waals surface area contributed by atoms with Crippen molar-refractivity contribution >= 4 is 11.0 Å². The Bertz CT molecular complexity index is 638. The predicted molar refractivity (Wildman–Crippen MR) is 76.5 cm³/mol. The average molecular weight is 252 g/mol. The first kappa shape index (κ1) is 11.8. The van der Waals surface area contributed by atoms with Gasteiger partial charge in [-0.3, -0.25) is 0 Å². The van der Waals surface area contributed by atoms with Gasteiger partial charge in [0.05, 0.1) is 17.6 Å². The third-order valence-corrected chi connectivity index (χ3v) is 3.07. The van der Waals surface area contributed by atoms with Crippen molar-refractivity contribution in [1.82, 2.24) is 9.97 Å². The Morgan fingerprint density at radius 1 is 1.05 bits per heavy atom. The molecule has 0 atom stereocenters. The lowest BCUT2D eigenvalue weighted by molar-refractivity contribution is 0.319. The second kappa shape index (κ2) is 5.14. The third kappa shape index (κ3) is 2.76. The fourth-order valence-corrected chi connectivity index (χ4v) is 2.02. The molecule has 0 spiro atoms. The first-order valence-corrected chi connectivity index (χ1v) is 6.44. The fourth-order valence-electron chi connectivity index (χ4n) is 2.02. The zero-order chi connectivity index (χ0) is 13.1. The van der Waals surface area contributed by atoms with Crippen LogP contribution in [-0.4, -0.2) is 16.6 Å². The smallest absolute Gasteiger partial charge is 0.119 e. The quantitative estimate of drug-likeness (QED) is 0.771. The van der Waals surface area contributed by atoms with E-state index in [9.17, 15) is 0 Å². The predicted octanol–water partition coefficient (Wildman–Crippen LogP) is 3.49. The van der Waals surface area contributed by atoms with Gasteiger partial charge in [-0.1, -0.05) is 29.8 Å². The number of para-hydroxylation sites is 2. The van der Waals surface area contributed by atoms with Crippen molar-refractivity contribution in [3.8, 4) is 5.75 Å². The molecule has 3 rings (SSSR count). The van der Waals surface area contributed by atoms with Crippen LogP contribution in [0.5, 0.6) is 5.75 Å². The molecule has 0 aliphatic heterocycles. The van der Waals surface area contributed by atoms with Gasteiger partial charge in [0.25, 0.3) is 0 Å². The molecule has 0 aliphatic carbocycles. The van der Waals surface area contributed by atoms with E-state index in [-0.39, 0.29) is 0 Å². The lowest BCUT2D eigenvalue weighted by atomic mass is 10.2. The number of aromatic amines is 1. The van der Waals surface area contributed by atoms with E-state index in [4.69, 9.17) is 4.74 Å². The van der Waals surface area contributed by atoms with E-state index >= 15 is 0 Å². The highest BCUT2D eigenvalue weighted by Crippen LogP contribution is 2.13. The van der Waals surface area contributed by atoms with Crippen LogP contribution in [0.15, 0.2) is 48.5 Å². The zero-order valence-corrected chi connectivity index (χ0v) is 10.9. The van der Waals surface area contributed by atoms with Crippen molar-refractivity contribution in [2.75, 3.05) is 6.61 Å². The summed E-state index contributed by atoms with van der Waals surface area (Å²) in [5, 5.41) is 0. The molecule has 0 saturated heterocycles. The third-order valence-electron chi connectivity index (χ3n) is 3.07. The normalized spacial score (nSPS) is 10.8. The van der Waals surface area contributed by atoms with Gasteiger partial charge < -0.3 is 9.72 Å².